The Hall–Kier alpha value is -1.55. The predicted octanol–water partition coefficient (Wildman–Crippen LogP) is 1.24. The quantitative estimate of drug-likeness (QED) is 0.741. The third-order valence-electron chi connectivity index (χ3n) is 1.97. The third-order valence-corrected chi connectivity index (χ3v) is 1.97. The molecule has 0 aliphatic carbocycles. The molecule has 2 N–H and O–H groups in total. The van der Waals surface area contributed by atoms with Gasteiger partial charge in [0, 0.05) is 0 Å². The molecule has 4 heteroatoms. The molecule has 0 bridgehead atoms. The maximum atomic E-state index is 11.5. The minimum absolute atomic E-state index is 0.0345. The second kappa shape index (κ2) is 5.36. The molecule has 0 aliphatic rings. The van der Waals surface area contributed by atoms with Crippen molar-refractivity contribution in [1.82, 2.24) is 0 Å². The first-order valence-electron chi connectivity index (χ1n) is 4.77. The highest BCUT2D eigenvalue weighted by Gasteiger charge is 2.15. The molecule has 0 amide bonds. The fourth-order valence-electron chi connectivity index (χ4n) is 1.30. The molecule has 0 unspecified atom stereocenters. The molecular formula is C11H15NO3. The molecule has 0 saturated heterocycles. The minimum atomic E-state index is -0.155. The fourth-order valence-corrected chi connectivity index (χ4v) is 1.30. The molecule has 0 aliphatic heterocycles. The lowest BCUT2D eigenvalue weighted by molar-refractivity contribution is 0.0997. The van der Waals surface area contributed by atoms with Crippen molar-refractivity contribution in [2.45, 2.75) is 6.92 Å². The maximum absolute atomic E-state index is 11.5. The highest BCUT2D eigenvalue weighted by Crippen LogP contribution is 2.31. The number of ketones is 1. The summed E-state index contributed by atoms with van der Waals surface area (Å²) < 4.78 is 10.5. The Bertz CT molecular complexity index is 350. The number of para-hydroxylation sites is 1. The van der Waals surface area contributed by atoms with Gasteiger partial charge in [-0.25, -0.2) is 0 Å². The highest BCUT2D eigenvalue weighted by molar-refractivity contribution is 6.00. The number of benzene rings is 1. The summed E-state index contributed by atoms with van der Waals surface area (Å²) in [6, 6.07) is 5.17. The second-order valence-corrected chi connectivity index (χ2v) is 2.90. The van der Waals surface area contributed by atoms with E-state index in [9.17, 15) is 4.79 Å². The van der Waals surface area contributed by atoms with E-state index in [1.165, 1.54) is 7.11 Å². The summed E-state index contributed by atoms with van der Waals surface area (Å²) >= 11 is 0. The largest absolute Gasteiger partial charge is 0.493 e. The summed E-state index contributed by atoms with van der Waals surface area (Å²) in [5.74, 6) is 0.867. The van der Waals surface area contributed by atoms with Crippen LogP contribution in [-0.2, 0) is 0 Å². The molecule has 82 valence electrons. The van der Waals surface area contributed by atoms with Crippen LogP contribution in [0.1, 0.15) is 17.3 Å². The van der Waals surface area contributed by atoms with E-state index in [1.54, 1.807) is 18.2 Å². The Balaban J connectivity index is 3.18. The Morgan fingerprint density at radius 3 is 2.73 bits per heavy atom. The predicted molar refractivity (Wildman–Crippen MR) is 57.5 cm³/mol. The average molecular weight is 209 g/mol. The van der Waals surface area contributed by atoms with Crippen LogP contribution in [0.3, 0.4) is 0 Å². The number of carbonyl (C=O) groups excluding carboxylic acids is 1. The van der Waals surface area contributed by atoms with Crippen LogP contribution in [0.4, 0.5) is 0 Å². The standard InChI is InChI=1S/C11H15NO3/c1-3-15-11-8(9(13)7-12)5-4-6-10(11)14-2/h4-6H,3,7,12H2,1-2H3. The first-order chi connectivity index (χ1) is 7.24. The van der Waals surface area contributed by atoms with Gasteiger partial charge >= 0.3 is 0 Å². The van der Waals surface area contributed by atoms with E-state index in [-0.39, 0.29) is 12.3 Å². The van der Waals surface area contributed by atoms with E-state index in [0.717, 1.165) is 0 Å². The van der Waals surface area contributed by atoms with Gasteiger partial charge in [0.1, 0.15) is 0 Å². The van der Waals surface area contributed by atoms with Gasteiger partial charge in [0.25, 0.3) is 0 Å². The molecule has 4 nitrogen and oxygen atoms in total. The Labute approximate surface area is 89.0 Å². The van der Waals surface area contributed by atoms with Crippen molar-refractivity contribution in [2.24, 2.45) is 5.73 Å². The van der Waals surface area contributed by atoms with Gasteiger partial charge in [-0.15, -0.1) is 0 Å². The molecule has 0 saturated carbocycles. The maximum Gasteiger partial charge on any atom is 0.180 e. The van der Waals surface area contributed by atoms with Gasteiger partial charge in [0.05, 0.1) is 25.8 Å². The normalized spacial score (nSPS) is 9.80. The van der Waals surface area contributed by atoms with Crippen LogP contribution in [0.5, 0.6) is 11.5 Å². The number of Topliss-reactive ketones (excluding diaryl/α,β-unsaturated/α-hetero) is 1. The number of methoxy groups -OCH3 is 1. The van der Waals surface area contributed by atoms with Crippen LogP contribution in [-0.4, -0.2) is 26.0 Å². The molecule has 0 radical (unpaired) electrons. The zero-order valence-corrected chi connectivity index (χ0v) is 8.95. The molecule has 0 spiro atoms. The number of carbonyl (C=O) groups is 1. The Morgan fingerprint density at radius 2 is 2.20 bits per heavy atom. The number of nitrogens with two attached hydrogens (primary N) is 1. The third kappa shape index (κ3) is 2.47. The van der Waals surface area contributed by atoms with E-state index in [0.29, 0.717) is 23.7 Å². The van der Waals surface area contributed by atoms with E-state index in [1.807, 2.05) is 6.92 Å². The summed E-state index contributed by atoms with van der Waals surface area (Å²) in [6.45, 7) is 2.29. The van der Waals surface area contributed by atoms with Crippen molar-refractivity contribution >= 4 is 5.78 Å². The van der Waals surface area contributed by atoms with Gasteiger partial charge in [0.2, 0.25) is 0 Å². The van der Waals surface area contributed by atoms with Crippen LogP contribution in [0.15, 0.2) is 18.2 Å². The zero-order chi connectivity index (χ0) is 11.3. The molecule has 0 heterocycles. The second-order valence-electron chi connectivity index (χ2n) is 2.90. The molecule has 0 aromatic heterocycles. The van der Waals surface area contributed by atoms with Crippen LogP contribution in [0.2, 0.25) is 0 Å². The molecule has 0 fully saturated rings. The summed E-state index contributed by atoms with van der Waals surface area (Å²) in [7, 11) is 1.54. The SMILES string of the molecule is CCOc1c(OC)cccc1C(=O)CN. The van der Waals surface area contributed by atoms with E-state index in [2.05, 4.69) is 0 Å². The van der Waals surface area contributed by atoms with Crippen molar-refractivity contribution in [2.75, 3.05) is 20.3 Å². The fraction of sp³-hybridized carbons (Fsp3) is 0.364. The van der Waals surface area contributed by atoms with E-state index < -0.39 is 0 Å². The number of hydrogen-bond donors (Lipinski definition) is 1. The van der Waals surface area contributed by atoms with Gasteiger partial charge < -0.3 is 15.2 Å². The van der Waals surface area contributed by atoms with Gasteiger partial charge in [-0.05, 0) is 19.1 Å². The molecule has 1 aromatic carbocycles. The van der Waals surface area contributed by atoms with Crippen molar-refractivity contribution in [1.29, 1.82) is 0 Å². The Morgan fingerprint density at radius 1 is 1.47 bits per heavy atom. The first-order valence-corrected chi connectivity index (χ1v) is 4.77. The van der Waals surface area contributed by atoms with E-state index >= 15 is 0 Å². The smallest absolute Gasteiger partial charge is 0.180 e. The minimum Gasteiger partial charge on any atom is -0.493 e. The molecule has 1 aromatic rings. The van der Waals surface area contributed by atoms with Crippen LogP contribution < -0.4 is 15.2 Å². The number of hydrogen-bond acceptors (Lipinski definition) is 4. The average Bonchev–Trinajstić information content (AvgIpc) is 2.28. The molecule has 0 atom stereocenters. The first kappa shape index (κ1) is 11.5. The monoisotopic (exact) mass is 209 g/mol. The van der Waals surface area contributed by atoms with Gasteiger partial charge in [-0.1, -0.05) is 6.07 Å². The van der Waals surface area contributed by atoms with Crippen molar-refractivity contribution in [3.05, 3.63) is 23.8 Å². The lowest BCUT2D eigenvalue weighted by Gasteiger charge is -2.12. The van der Waals surface area contributed by atoms with Gasteiger partial charge in [-0.2, -0.15) is 0 Å². The number of ether oxygens (including phenoxy) is 2. The summed E-state index contributed by atoms with van der Waals surface area (Å²) in [4.78, 5) is 11.5. The number of rotatable bonds is 5. The lowest BCUT2D eigenvalue weighted by Crippen LogP contribution is -2.15. The molecular weight excluding hydrogens is 194 g/mol. The van der Waals surface area contributed by atoms with Gasteiger partial charge in [-0.3, -0.25) is 4.79 Å². The summed E-state index contributed by atoms with van der Waals surface area (Å²) in [5.41, 5.74) is 5.79. The topological polar surface area (TPSA) is 61.5 Å². The zero-order valence-electron chi connectivity index (χ0n) is 8.95. The van der Waals surface area contributed by atoms with Crippen LogP contribution >= 0.6 is 0 Å². The van der Waals surface area contributed by atoms with Crippen molar-refractivity contribution in [3.8, 4) is 11.5 Å². The summed E-state index contributed by atoms with van der Waals surface area (Å²) in [6.07, 6.45) is 0. The van der Waals surface area contributed by atoms with Crippen LogP contribution in [0, 0.1) is 0 Å². The molecule has 15 heavy (non-hydrogen) atoms. The molecule has 1 rings (SSSR count). The van der Waals surface area contributed by atoms with E-state index in [4.69, 9.17) is 15.2 Å². The van der Waals surface area contributed by atoms with Crippen molar-refractivity contribution in [3.63, 3.8) is 0 Å². The summed E-state index contributed by atoms with van der Waals surface area (Å²) in [5, 5.41) is 0. The Kier molecular flexibility index (Phi) is 4.12. The van der Waals surface area contributed by atoms with Gasteiger partial charge in [0.15, 0.2) is 17.3 Å². The van der Waals surface area contributed by atoms with Crippen LogP contribution in [0.25, 0.3) is 0 Å². The van der Waals surface area contributed by atoms with Crippen molar-refractivity contribution < 1.29 is 14.3 Å². The highest BCUT2D eigenvalue weighted by atomic mass is 16.5. The lowest BCUT2D eigenvalue weighted by atomic mass is 10.1.